The zero-order valence-electron chi connectivity index (χ0n) is 7.59. The summed E-state index contributed by atoms with van der Waals surface area (Å²) in [7, 11) is 0. The molecule has 68 valence electrons. The van der Waals surface area contributed by atoms with Gasteiger partial charge in [-0.1, -0.05) is 0 Å². The van der Waals surface area contributed by atoms with Crippen LogP contribution in [0.4, 0.5) is 0 Å². The van der Waals surface area contributed by atoms with Gasteiger partial charge in [-0.05, 0) is 31.0 Å². The van der Waals surface area contributed by atoms with Crippen LogP contribution in [0.1, 0.15) is 21.5 Å². The molecule has 0 bridgehead atoms. The van der Waals surface area contributed by atoms with E-state index >= 15 is 0 Å². The molecule has 0 saturated carbocycles. The second-order valence-electron chi connectivity index (χ2n) is 3.07. The van der Waals surface area contributed by atoms with E-state index < -0.39 is 0 Å². The minimum Gasteiger partial charge on any atom is -0.454 e. The monoisotopic (exact) mass is 178 g/mol. The van der Waals surface area contributed by atoms with Crippen molar-refractivity contribution < 1.29 is 14.3 Å². The fourth-order valence-electron chi connectivity index (χ4n) is 1.45. The number of ether oxygens (including phenoxy) is 2. The number of benzene rings is 1. The van der Waals surface area contributed by atoms with Gasteiger partial charge in [0.25, 0.3) is 0 Å². The van der Waals surface area contributed by atoms with E-state index in [1.165, 1.54) is 0 Å². The quantitative estimate of drug-likeness (QED) is 0.615. The van der Waals surface area contributed by atoms with Gasteiger partial charge in [-0.25, -0.2) is 0 Å². The summed E-state index contributed by atoms with van der Waals surface area (Å²) in [4.78, 5) is 10.7. The number of hydrogen-bond acceptors (Lipinski definition) is 3. The summed E-state index contributed by atoms with van der Waals surface area (Å²) in [6.07, 6.45) is 0.838. The van der Waals surface area contributed by atoms with E-state index in [0.29, 0.717) is 11.3 Å². The van der Waals surface area contributed by atoms with Crippen molar-refractivity contribution in [3.63, 3.8) is 0 Å². The molecule has 3 heteroatoms. The van der Waals surface area contributed by atoms with Gasteiger partial charge in [0.15, 0.2) is 11.5 Å². The van der Waals surface area contributed by atoms with E-state index in [1.807, 2.05) is 13.8 Å². The van der Waals surface area contributed by atoms with E-state index in [1.54, 1.807) is 6.07 Å². The van der Waals surface area contributed by atoms with Crippen LogP contribution in [0.2, 0.25) is 0 Å². The molecule has 0 N–H and O–H groups in total. The van der Waals surface area contributed by atoms with Gasteiger partial charge >= 0.3 is 0 Å². The summed E-state index contributed by atoms with van der Waals surface area (Å²) in [6.45, 7) is 4.08. The molecule has 0 spiro atoms. The maximum absolute atomic E-state index is 10.7. The summed E-state index contributed by atoms with van der Waals surface area (Å²) in [5.74, 6) is 1.44. The third-order valence-corrected chi connectivity index (χ3v) is 2.39. The molecule has 1 aromatic rings. The summed E-state index contributed by atoms with van der Waals surface area (Å²) in [6, 6.07) is 1.72. The molecule has 0 saturated heterocycles. The van der Waals surface area contributed by atoms with Gasteiger partial charge in [0.05, 0.1) is 0 Å². The first-order valence-corrected chi connectivity index (χ1v) is 4.09. The number of fused-ring (bicyclic) bond motifs is 1. The third-order valence-electron chi connectivity index (χ3n) is 2.39. The number of aldehydes is 1. The van der Waals surface area contributed by atoms with Crippen molar-refractivity contribution in [3.8, 4) is 11.5 Å². The lowest BCUT2D eigenvalue weighted by Crippen LogP contribution is -1.94. The Morgan fingerprint density at radius 2 is 2.08 bits per heavy atom. The Balaban J connectivity index is 2.68. The molecule has 0 aromatic heterocycles. The van der Waals surface area contributed by atoms with Crippen molar-refractivity contribution in [2.24, 2.45) is 0 Å². The van der Waals surface area contributed by atoms with Gasteiger partial charge < -0.3 is 9.47 Å². The Hall–Kier alpha value is -1.51. The topological polar surface area (TPSA) is 35.5 Å². The zero-order chi connectivity index (χ0) is 9.42. The molecule has 1 aliphatic rings. The van der Waals surface area contributed by atoms with Crippen LogP contribution in [0.5, 0.6) is 11.5 Å². The molecule has 0 atom stereocenters. The highest BCUT2D eigenvalue weighted by Gasteiger charge is 2.19. The molecule has 13 heavy (non-hydrogen) atoms. The van der Waals surface area contributed by atoms with Gasteiger partial charge in [0.2, 0.25) is 6.79 Å². The SMILES string of the molecule is Cc1c(C=O)cc2c(c1C)OCO2. The Labute approximate surface area is 76.3 Å². The fraction of sp³-hybridized carbons (Fsp3) is 0.300. The van der Waals surface area contributed by atoms with Gasteiger partial charge in [-0.15, -0.1) is 0 Å². The molecule has 3 nitrogen and oxygen atoms in total. The van der Waals surface area contributed by atoms with E-state index in [4.69, 9.17) is 9.47 Å². The highest BCUT2D eigenvalue weighted by atomic mass is 16.7. The van der Waals surface area contributed by atoms with Crippen LogP contribution >= 0.6 is 0 Å². The van der Waals surface area contributed by atoms with Crippen molar-refractivity contribution >= 4 is 6.29 Å². The van der Waals surface area contributed by atoms with Crippen molar-refractivity contribution in [2.45, 2.75) is 13.8 Å². The molecule has 0 amide bonds. The molecule has 1 heterocycles. The molecule has 0 radical (unpaired) electrons. The molecule has 2 rings (SSSR count). The average Bonchev–Trinajstić information content (AvgIpc) is 2.59. The highest BCUT2D eigenvalue weighted by molar-refractivity contribution is 5.80. The predicted octanol–water partition coefficient (Wildman–Crippen LogP) is 1.84. The first kappa shape index (κ1) is 8.10. The van der Waals surface area contributed by atoms with Crippen LogP contribution in [-0.4, -0.2) is 13.1 Å². The van der Waals surface area contributed by atoms with Crippen LogP contribution < -0.4 is 9.47 Å². The zero-order valence-corrected chi connectivity index (χ0v) is 7.59. The van der Waals surface area contributed by atoms with Crippen molar-refractivity contribution in [1.29, 1.82) is 0 Å². The normalized spacial score (nSPS) is 13.1. The first-order chi connectivity index (χ1) is 6.24. The molecular weight excluding hydrogens is 168 g/mol. The lowest BCUT2D eigenvalue weighted by atomic mass is 10.0. The van der Waals surface area contributed by atoms with E-state index in [-0.39, 0.29) is 6.79 Å². The highest BCUT2D eigenvalue weighted by Crippen LogP contribution is 2.38. The minimum atomic E-state index is 0.248. The van der Waals surface area contributed by atoms with Crippen LogP contribution in [-0.2, 0) is 0 Å². The number of rotatable bonds is 1. The van der Waals surface area contributed by atoms with Gasteiger partial charge in [0.1, 0.15) is 6.29 Å². The standard InChI is InChI=1S/C10H10O3/c1-6-7(2)10-9(12-5-13-10)3-8(6)4-11/h3-4H,5H2,1-2H3. The van der Waals surface area contributed by atoms with Crippen molar-refractivity contribution in [3.05, 3.63) is 22.8 Å². The molecular formula is C10H10O3. The third kappa shape index (κ3) is 1.08. The Bertz CT molecular complexity index is 369. The second-order valence-corrected chi connectivity index (χ2v) is 3.07. The van der Waals surface area contributed by atoms with Gasteiger partial charge in [0, 0.05) is 5.56 Å². The molecule has 1 aliphatic heterocycles. The van der Waals surface area contributed by atoms with Gasteiger partial charge in [-0.3, -0.25) is 4.79 Å². The Morgan fingerprint density at radius 3 is 2.77 bits per heavy atom. The molecule has 0 unspecified atom stereocenters. The maximum atomic E-state index is 10.7. The predicted molar refractivity (Wildman–Crippen MR) is 47.4 cm³/mol. The summed E-state index contributed by atoms with van der Waals surface area (Å²) < 4.78 is 10.5. The maximum Gasteiger partial charge on any atom is 0.231 e. The Kier molecular flexibility index (Phi) is 1.72. The fourth-order valence-corrected chi connectivity index (χ4v) is 1.45. The summed E-state index contributed by atoms with van der Waals surface area (Å²) >= 11 is 0. The largest absolute Gasteiger partial charge is 0.454 e. The second kappa shape index (κ2) is 2.76. The number of carbonyl (C=O) groups is 1. The molecule has 0 aliphatic carbocycles. The van der Waals surface area contributed by atoms with Gasteiger partial charge in [-0.2, -0.15) is 0 Å². The first-order valence-electron chi connectivity index (χ1n) is 4.09. The van der Waals surface area contributed by atoms with Crippen LogP contribution in [0, 0.1) is 13.8 Å². The average molecular weight is 178 g/mol. The lowest BCUT2D eigenvalue weighted by molar-refractivity contribution is 0.112. The summed E-state index contributed by atoms with van der Waals surface area (Å²) in [5.41, 5.74) is 2.61. The number of hydrogen-bond donors (Lipinski definition) is 0. The minimum absolute atomic E-state index is 0.248. The number of carbonyl (C=O) groups excluding carboxylic acids is 1. The van der Waals surface area contributed by atoms with E-state index in [0.717, 1.165) is 23.2 Å². The lowest BCUT2D eigenvalue weighted by Gasteiger charge is -2.06. The smallest absolute Gasteiger partial charge is 0.231 e. The summed E-state index contributed by atoms with van der Waals surface area (Å²) in [5, 5.41) is 0. The van der Waals surface area contributed by atoms with Crippen LogP contribution in [0.15, 0.2) is 6.07 Å². The van der Waals surface area contributed by atoms with Crippen molar-refractivity contribution in [1.82, 2.24) is 0 Å². The molecule has 0 fully saturated rings. The molecule has 1 aromatic carbocycles. The van der Waals surface area contributed by atoms with E-state index in [2.05, 4.69) is 0 Å². The van der Waals surface area contributed by atoms with E-state index in [9.17, 15) is 4.79 Å². The van der Waals surface area contributed by atoms with Crippen LogP contribution in [0.3, 0.4) is 0 Å². The van der Waals surface area contributed by atoms with Crippen LogP contribution in [0.25, 0.3) is 0 Å². The van der Waals surface area contributed by atoms with Crippen molar-refractivity contribution in [2.75, 3.05) is 6.79 Å². The Morgan fingerprint density at radius 1 is 1.31 bits per heavy atom.